The Kier molecular flexibility index (Phi) is 4.58. The molecule has 0 amide bonds. The SMILES string of the molecule is CN(C)c1cncc(-c2cnc3[nH]nc(-c4nc5c(-c6ccc(F)cc6)cccc5[nH]4)c3c2)c1. The van der Waals surface area contributed by atoms with Gasteiger partial charge in [-0.2, -0.15) is 5.10 Å². The van der Waals surface area contributed by atoms with Gasteiger partial charge in [-0.3, -0.25) is 10.1 Å². The molecule has 8 heteroatoms. The Morgan fingerprint density at radius 2 is 1.71 bits per heavy atom. The second-order valence-corrected chi connectivity index (χ2v) is 8.31. The smallest absolute Gasteiger partial charge is 0.159 e. The van der Waals surface area contributed by atoms with E-state index in [1.165, 1.54) is 12.1 Å². The number of imidazole rings is 1. The minimum absolute atomic E-state index is 0.267. The summed E-state index contributed by atoms with van der Waals surface area (Å²) in [6, 6.07) is 16.5. The first-order chi connectivity index (χ1) is 16.6. The number of nitrogens with one attached hydrogen (secondary N) is 2. The number of H-pyrrole nitrogens is 2. The van der Waals surface area contributed by atoms with Crippen LogP contribution in [0.1, 0.15) is 0 Å². The summed E-state index contributed by atoms with van der Waals surface area (Å²) in [5, 5.41) is 8.36. The van der Waals surface area contributed by atoms with Gasteiger partial charge in [0, 0.05) is 43.2 Å². The van der Waals surface area contributed by atoms with Gasteiger partial charge in [0.25, 0.3) is 0 Å². The molecule has 6 aromatic rings. The lowest BCUT2D eigenvalue weighted by Crippen LogP contribution is -2.08. The minimum Gasteiger partial charge on any atom is -0.376 e. The van der Waals surface area contributed by atoms with Crippen molar-refractivity contribution in [3.8, 4) is 33.8 Å². The highest BCUT2D eigenvalue weighted by Gasteiger charge is 2.16. The highest BCUT2D eigenvalue weighted by molar-refractivity contribution is 5.97. The molecule has 0 aliphatic carbocycles. The molecule has 0 saturated heterocycles. The zero-order chi connectivity index (χ0) is 23.2. The summed E-state index contributed by atoms with van der Waals surface area (Å²) in [6.45, 7) is 0. The molecule has 166 valence electrons. The van der Waals surface area contributed by atoms with Crippen LogP contribution in [0.2, 0.25) is 0 Å². The van der Waals surface area contributed by atoms with Gasteiger partial charge in [0.05, 0.1) is 28.3 Å². The van der Waals surface area contributed by atoms with Crippen molar-refractivity contribution in [1.82, 2.24) is 30.1 Å². The number of hydrogen-bond donors (Lipinski definition) is 2. The summed E-state index contributed by atoms with van der Waals surface area (Å²) >= 11 is 0. The highest BCUT2D eigenvalue weighted by Crippen LogP contribution is 2.33. The quantitative estimate of drug-likeness (QED) is 0.375. The van der Waals surface area contributed by atoms with E-state index >= 15 is 0 Å². The third-order valence-corrected chi connectivity index (χ3v) is 5.88. The maximum Gasteiger partial charge on any atom is 0.159 e. The monoisotopic (exact) mass is 449 g/mol. The highest BCUT2D eigenvalue weighted by atomic mass is 19.1. The lowest BCUT2D eigenvalue weighted by molar-refractivity contribution is 0.628. The van der Waals surface area contributed by atoms with Gasteiger partial charge < -0.3 is 9.88 Å². The first-order valence-electron chi connectivity index (χ1n) is 10.8. The van der Waals surface area contributed by atoms with Crippen molar-refractivity contribution >= 4 is 27.8 Å². The fourth-order valence-corrected chi connectivity index (χ4v) is 4.08. The number of rotatable bonds is 4. The van der Waals surface area contributed by atoms with Crippen LogP contribution in [0.4, 0.5) is 10.1 Å². The number of anilines is 1. The third kappa shape index (κ3) is 3.36. The van der Waals surface area contributed by atoms with Crippen molar-refractivity contribution in [2.75, 3.05) is 19.0 Å². The van der Waals surface area contributed by atoms with Gasteiger partial charge in [-0.25, -0.2) is 14.4 Å². The van der Waals surface area contributed by atoms with Crippen LogP contribution in [0.5, 0.6) is 0 Å². The Morgan fingerprint density at radius 1 is 0.882 bits per heavy atom. The maximum atomic E-state index is 13.4. The minimum atomic E-state index is -0.267. The van der Waals surface area contributed by atoms with E-state index in [0.29, 0.717) is 17.2 Å². The first-order valence-corrected chi connectivity index (χ1v) is 10.8. The van der Waals surface area contributed by atoms with Crippen molar-refractivity contribution in [3.05, 3.63) is 79.0 Å². The van der Waals surface area contributed by atoms with Crippen LogP contribution in [0.15, 0.2) is 73.2 Å². The van der Waals surface area contributed by atoms with Crippen molar-refractivity contribution < 1.29 is 4.39 Å². The molecule has 6 rings (SSSR count). The molecule has 0 atom stereocenters. The molecule has 4 heterocycles. The van der Waals surface area contributed by atoms with Gasteiger partial charge in [-0.1, -0.05) is 24.3 Å². The summed E-state index contributed by atoms with van der Waals surface area (Å²) in [4.78, 5) is 19.2. The molecule has 0 aliphatic heterocycles. The lowest BCUT2D eigenvalue weighted by atomic mass is 10.0. The van der Waals surface area contributed by atoms with E-state index in [0.717, 1.165) is 44.4 Å². The number of fused-ring (bicyclic) bond motifs is 2. The van der Waals surface area contributed by atoms with Crippen molar-refractivity contribution in [2.24, 2.45) is 0 Å². The topological polar surface area (TPSA) is 86.4 Å². The number of nitrogens with zero attached hydrogens (tertiary/aromatic N) is 5. The molecule has 4 aromatic heterocycles. The van der Waals surface area contributed by atoms with Crippen LogP contribution >= 0.6 is 0 Å². The zero-order valence-corrected chi connectivity index (χ0v) is 18.5. The predicted octanol–water partition coefficient (Wildman–Crippen LogP) is 5.44. The average Bonchev–Trinajstić information content (AvgIpc) is 3.48. The predicted molar refractivity (Wildman–Crippen MR) is 132 cm³/mol. The van der Waals surface area contributed by atoms with Gasteiger partial charge >= 0.3 is 0 Å². The molecule has 0 spiro atoms. The van der Waals surface area contributed by atoms with Crippen LogP contribution in [0.3, 0.4) is 0 Å². The van der Waals surface area contributed by atoms with E-state index in [1.54, 1.807) is 12.1 Å². The van der Waals surface area contributed by atoms with Crippen LogP contribution < -0.4 is 4.90 Å². The molecule has 0 bridgehead atoms. The number of halogens is 1. The van der Waals surface area contributed by atoms with E-state index in [-0.39, 0.29) is 5.82 Å². The fraction of sp³-hybridized carbons (Fsp3) is 0.0769. The summed E-state index contributed by atoms with van der Waals surface area (Å²) in [6.07, 6.45) is 5.46. The van der Waals surface area contributed by atoms with Crippen LogP contribution in [-0.2, 0) is 0 Å². The third-order valence-electron chi connectivity index (χ3n) is 5.88. The van der Waals surface area contributed by atoms with Crippen molar-refractivity contribution in [3.63, 3.8) is 0 Å². The molecule has 0 fully saturated rings. The second-order valence-electron chi connectivity index (χ2n) is 8.31. The molecule has 2 aromatic carbocycles. The average molecular weight is 449 g/mol. The van der Waals surface area contributed by atoms with Crippen molar-refractivity contribution in [2.45, 2.75) is 0 Å². The molecular formula is C26H20FN7. The van der Waals surface area contributed by atoms with E-state index in [4.69, 9.17) is 4.98 Å². The number of benzene rings is 2. The second kappa shape index (κ2) is 7.77. The summed E-state index contributed by atoms with van der Waals surface area (Å²) < 4.78 is 13.4. The zero-order valence-electron chi connectivity index (χ0n) is 18.5. The van der Waals surface area contributed by atoms with E-state index in [1.807, 2.05) is 61.9 Å². The largest absolute Gasteiger partial charge is 0.376 e. The van der Waals surface area contributed by atoms with E-state index < -0.39 is 0 Å². The molecule has 0 radical (unpaired) electrons. The molecule has 34 heavy (non-hydrogen) atoms. The van der Waals surface area contributed by atoms with Gasteiger partial charge in [-0.05, 0) is 35.9 Å². The van der Waals surface area contributed by atoms with E-state index in [9.17, 15) is 4.39 Å². The standard InChI is InChI=1S/C26H20FN7/c1-34(2)19-10-16(12-28-14-19)17-11-21-24(32-33-25(21)29-13-17)26-30-22-5-3-4-20(23(22)31-26)15-6-8-18(27)9-7-15/h3-14H,1-2H3,(H,30,31)(H,29,32,33). The number of para-hydroxylation sites is 1. The normalized spacial score (nSPS) is 11.4. The first kappa shape index (κ1) is 20.0. The number of aromatic nitrogens is 6. The van der Waals surface area contributed by atoms with E-state index in [2.05, 4.69) is 31.2 Å². The Labute approximate surface area is 194 Å². The van der Waals surface area contributed by atoms with Gasteiger partial charge in [0.15, 0.2) is 11.5 Å². The van der Waals surface area contributed by atoms with Crippen LogP contribution in [0.25, 0.3) is 55.8 Å². The summed E-state index contributed by atoms with van der Waals surface area (Å²) in [7, 11) is 3.97. The lowest BCUT2D eigenvalue weighted by Gasteiger charge is -2.12. The van der Waals surface area contributed by atoms with Crippen molar-refractivity contribution in [1.29, 1.82) is 0 Å². The molecule has 0 unspecified atom stereocenters. The molecule has 7 nitrogen and oxygen atoms in total. The Balaban J connectivity index is 1.47. The Bertz CT molecular complexity index is 1650. The van der Waals surface area contributed by atoms with Crippen LogP contribution in [-0.4, -0.2) is 44.2 Å². The number of hydrogen-bond acceptors (Lipinski definition) is 5. The molecule has 0 aliphatic rings. The number of aromatic amines is 2. The summed E-state index contributed by atoms with van der Waals surface area (Å²) in [5.74, 6) is 0.367. The Morgan fingerprint density at radius 3 is 2.53 bits per heavy atom. The maximum absolute atomic E-state index is 13.4. The molecular weight excluding hydrogens is 429 g/mol. The number of pyridine rings is 2. The van der Waals surface area contributed by atoms with Crippen LogP contribution in [0, 0.1) is 5.82 Å². The summed E-state index contributed by atoms with van der Waals surface area (Å²) in [5.41, 5.74) is 7.77. The van der Waals surface area contributed by atoms with Gasteiger partial charge in [0.2, 0.25) is 0 Å². The van der Waals surface area contributed by atoms with Gasteiger partial charge in [0.1, 0.15) is 11.5 Å². The molecule has 2 N–H and O–H groups in total. The van der Waals surface area contributed by atoms with Gasteiger partial charge in [-0.15, -0.1) is 0 Å². The fourth-order valence-electron chi connectivity index (χ4n) is 4.08. The molecule has 0 saturated carbocycles. The Hall–Kier alpha value is -4.59.